The molecule has 0 radical (unpaired) electrons. The van der Waals surface area contributed by atoms with Crippen molar-refractivity contribution in [2.45, 2.75) is 48.0 Å². The molecule has 3 rings (SSSR count). The van der Waals surface area contributed by atoms with Crippen molar-refractivity contribution >= 4 is 16.9 Å². The minimum Gasteiger partial charge on any atom is -0.481 e. The Morgan fingerprint density at radius 3 is 2.43 bits per heavy atom. The fourth-order valence-corrected chi connectivity index (χ4v) is 3.77. The molecule has 0 amide bonds. The number of aryl methyl sites for hydroxylation is 5. The summed E-state index contributed by atoms with van der Waals surface area (Å²) in [5.41, 5.74) is 4.03. The van der Waals surface area contributed by atoms with Crippen molar-refractivity contribution in [3.63, 3.8) is 0 Å². The number of carboxylic acids is 1. The van der Waals surface area contributed by atoms with E-state index in [-0.39, 0.29) is 12.0 Å². The van der Waals surface area contributed by atoms with Crippen molar-refractivity contribution in [1.82, 2.24) is 9.78 Å². The van der Waals surface area contributed by atoms with Crippen LogP contribution in [0.25, 0.3) is 22.1 Å². The molecule has 2 heterocycles. The van der Waals surface area contributed by atoms with Gasteiger partial charge in [0.25, 0.3) is 5.56 Å². The highest BCUT2D eigenvalue weighted by Crippen LogP contribution is 2.38. The van der Waals surface area contributed by atoms with Gasteiger partial charge < -0.3 is 9.52 Å². The standard InChI is InChI=1S/C22H26N2O4/c1-11-8-12(2)19-15(9-11)17(14(4)28-19)18-16(10-22(5,6)21(26)27)13(3)23-24(7)20(18)25/h8-9H,10H2,1-7H3,(H,26,27). The Hall–Kier alpha value is -2.89. The molecule has 0 aliphatic heterocycles. The largest absolute Gasteiger partial charge is 0.481 e. The highest BCUT2D eigenvalue weighted by Gasteiger charge is 2.32. The number of hydrogen-bond donors (Lipinski definition) is 1. The van der Waals surface area contributed by atoms with Gasteiger partial charge in [0.05, 0.1) is 16.7 Å². The van der Waals surface area contributed by atoms with Crippen LogP contribution in [0.3, 0.4) is 0 Å². The van der Waals surface area contributed by atoms with Crippen molar-refractivity contribution in [1.29, 1.82) is 0 Å². The minimum atomic E-state index is -1.03. The van der Waals surface area contributed by atoms with E-state index in [9.17, 15) is 14.7 Å². The molecule has 0 fully saturated rings. The fourth-order valence-electron chi connectivity index (χ4n) is 3.77. The lowest BCUT2D eigenvalue weighted by atomic mass is 9.82. The second kappa shape index (κ2) is 6.62. The van der Waals surface area contributed by atoms with Gasteiger partial charge in [0.2, 0.25) is 0 Å². The fraction of sp³-hybridized carbons (Fsp3) is 0.409. The average molecular weight is 382 g/mol. The predicted octanol–water partition coefficient (Wildman–Crippen LogP) is 4.08. The molecule has 1 N–H and O–H groups in total. The second-order valence-electron chi connectivity index (χ2n) is 8.23. The Morgan fingerprint density at radius 1 is 1.18 bits per heavy atom. The number of fused-ring (bicyclic) bond motifs is 1. The number of aromatic nitrogens is 2. The third kappa shape index (κ3) is 3.13. The van der Waals surface area contributed by atoms with Crippen LogP contribution in [0, 0.1) is 33.1 Å². The third-order valence-corrected chi connectivity index (χ3v) is 5.29. The van der Waals surface area contributed by atoms with Gasteiger partial charge in [-0.05, 0) is 70.7 Å². The van der Waals surface area contributed by atoms with Crippen LogP contribution in [0.4, 0.5) is 0 Å². The van der Waals surface area contributed by atoms with E-state index < -0.39 is 11.4 Å². The maximum Gasteiger partial charge on any atom is 0.309 e. The summed E-state index contributed by atoms with van der Waals surface area (Å²) in [5.74, 6) is -0.278. The summed E-state index contributed by atoms with van der Waals surface area (Å²) in [6.07, 6.45) is 0.198. The van der Waals surface area contributed by atoms with Gasteiger partial charge in [-0.1, -0.05) is 6.07 Å². The van der Waals surface area contributed by atoms with Gasteiger partial charge in [-0.3, -0.25) is 9.59 Å². The molecular formula is C22H26N2O4. The summed E-state index contributed by atoms with van der Waals surface area (Å²) in [4.78, 5) is 24.9. The van der Waals surface area contributed by atoms with Gasteiger partial charge in [0.15, 0.2) is 0 Å². The number of nitrogens with zero attached hydrogens (tertiary/aromatic N) is 2. The predicted molar refractivity (Wildman–Crippen MR) is 109 cm³/mol. The van der Waals surface area contributed by atoms with E-state index in [0.29, 0.717) is 22.6 Å². The van der Waals surface area contributed by atoms with E-state index in [0.717, 1.165) is 27.7 Å². The number of carboxylic acid groups (broad SMARTS) is 1. The van der Waals surface area contributed by atoms with Crippen LogP contribution in [0.1, 0.15) is 42.0 Å². The average Bonchev–Trinajstić information content (AvgIpc) is 2.89. The van der Waals surface area contributed by atoms with Gasteiger partial charge in [0, 0.05) is 18.0 Å². The zero-order valence-electron chi connectivity index (χ0n) is 17.4. The minimum absolute atomic E-state index is 0.198. The summed E-state index contributed by atoms with van der Waals surface area (Å²) in [6, 6.07) is 4.05. The van der Waals surface area contributed by atoms with Crippen LogP contribution in [0.5, 0.6) is 0 Å². The first-order chi connectivity index (χ1) is 12.9. The van der Waals surface area contributed by atoms with Crippen molar-refractivity contribution in [2.24, 2.45) is 12.5 Å². The van der Waals surface area contributed by atoms with Crippen molar-refractivity contribution < 1.29 is 14.3 Å². The van der Waals surface area contributed by atoms with Gasteiger partial charge in [0.1, 0.15) is 11.3 Å². The van der Waals surface area contributed by atoms with Gasteiger partial charge in [-0.15, -0.1) is 0 Å². The first-order valence-corrected chi connectivity index (χ1v) is 9.25. The van der Waals surface area contributed by atoms with Crippen LogP contribution >= 0.6 is 0 Å². The smallest absolute Gasteiger partial charge is 0.309 e. The lowest BCUT2D eigenvalue weighted by Gasteiger charge is -2.22. The summed E-state index contributed by atoms with van der Waals surface area (Å²) >= 11 is 0. The molecule has 1 aromatic carbocycles. The maximum atomic E-state index is 13.2. The molecule has 0 bridgehead atoms. The zero-order valence-corrected chi connectivity index (χ0v) is 17.4. The van der Waals surface area contributed by atoms with Crippen molar-refractivity contribution in [2.75, 3.05) is 0 Å². The quantitative estimate of drug-likeness (QED) is 0.735. The Labute approximate surface area is 163 Å². The molecule has 0 atom stereocenters. The molecule has 6 heteroatoms. The summed E-state index contributed by atoms with van der Waals surface area (Å²) < 4.78 is 7.33. The number of rotatable bonds is 4. The first kappa shape index (κ1) is 19.9. The van der Waals surface area contributed by atoms with E-state index in [4.69, 9.17) is 4.42 Å². The Bertz CT molecular complexity index is 1170. The molecule has 3 aromatic rings. The van der Waals surface area contributed by atoms with E-state index in [1.54, 1.807) is 20.9 Å². The Morgan fingerprint density at radius 2 is 1.82 bits per heavy atom. The molecule has 6 nitrogen and oxygen atoms in total. The molecule has 0 unspecified atom stereocenters. The molecular weight excluding hydrogens is 356 g/mol. The molecule has 148 valence electrons. The van der Waals surface area contributed by atoms with Crippen molar-refractivity contribution in [3.8, 4) is 11.1 Å². The van der Waals surface area contributed by atoms with Gasteiger partial charge in [-0.2, -0.15) is 5.10 Å². The monoisotopic (exact) mass is 382 g/mol. The molecule has 28 heavy (non-hydrogen) atoms. The van der Waals surface area contributed by atoms with Crippen molar-refractivity contribution in [3.05, 3.63) is 50.6 Å². The van der Waals surface area contributed by atoms with Crippen LogP contribution < -0.4 is 5.56 Å². The zero-order chi connectivity index (χ0) is 21.0. The van der Waals surface area contributed by atoms with E-state index in [1.807, 2.05) is 39.8 Å². The summed E-state index contributed by atoms with van der Waals surface area (Å²) in [5, 5.41) is 14.8. The maximum absolute atomic E-state index is 13.2. The Kier molecular flexibility index (Phi) is 4.69. The molecule has 0 saturated heterocycles. The van der Waals surface area contributed by atoms with E-state index in [2.05, 4.69) is 5.10 Å². The number of aliphatic carboxylic acids is 1. The highest BCUT2D eigenvalue weighted by atomic mass is 16.4. The van der Waals surface area contributed by atoms with Crippen LogP contribution in [-0.4, -0.2) is 20.9 Å². The van der Waals surface area contributed by atoms with Crippen LogP contribution in [-0.2, 0) is 18.3 Å². The highest BCUT2D eigenvalue weighted by molar-refractivity contribution is 5.98. The SMILES string of the molecule is Cc1cc(C)c2oc(C)c(-c3c(CC(C)(C)C(=O)O)c(C)nn(C)c3=O)c2c1. The first-order valence-electron chi connectivity index (χ1n) is 9.25. The molecule has 0 aliphatic rings. The van der Waals surface area contributed by atoms with Gasteiger partial charge in [-0.25, -0.2) is 4.68 Å². The van der Waals surface area contributed by atoms with E-state index in [1.165, 1.54) is 4.68 Å². The normalized spacial score (nSPS) is 12.0. The molecule has 0 spiro atoms. The number of furan rings is 1. The third-order valence-electron chi connectivity index (χ3n) is 5.29. The number of benzene rings is 1. The molecule has 2 aromatic heterocycles. The number of hydrogen-bond acceptors (Lipinski definition) is 4. The second-order valence-corrected chi connectivity index (χ2v) is 8.23. The van der Waals surface area contributed by atoms with Crippen LogP contribution in [0.15, 0.2) is 21.3 Å². The summed E-state index contributed by atoms with van der Waals surface area (Å²) in [7, 11) is 1.61. The number of carbonyl (C=O) groups is 1. The lowest BCUT2D eigenvalue weighted by Crippen LogP contribution is -2.30. The topological polar surface area (TPSA) is 85.3 Å². The van der Waals surface area contributed by atoms with E-state index >= 15 is 0 Å². The molecule has 0 saturated carbocycles. The molecule has 0 aliphatic carbocycles. The summed E-state index contributed by atoms with van der Waals surface area (Å²) in [6.45, 7) is 10.9. The Balaban J connectivity index is 2.43. The lowest BCUT2D eigenvalue weighted by molar-refractivity contribution is -0.146. The van der Waals surface area contributed by atoms with Gasteiger partial charge >= 0.3 is 5.97 Å². The van der Waals surface area contributed by atoms with Crippen LogP contribution in [0.2, 0.25) is 0 Å².